The molecular formula is C31H34N4O3. The van der Waals surface area contributed by atoms with Crippen molar-refractivity contribution in [3.8, 4) is 11.1 Å². The van der Waals surface area contributed by atoms with Crippen LogP contribution in [0.5, 0.6) is 0 Å². The molecule has 0 spiro atoms. The van der Waals surface area contributed by atoms with E-state index < -0.39 is 5.97 Å². The van der Waals surface area contributed by atoms with Crippen LogP contribution in [-0.2, 0) is 20.9 Å². The topological polar surface area (TPSA) is 73.9 Å². The van der Waals surface area contributed by atoms with Crippen molar-refractivity contribution in [2.75, 3.05) is 29.5 Å². The molecule has 0 saturated heterocycles. The lowest BCUT2D eigenvalue weighted by molar-refractivity contribution is -0.134. The Hall–Kier alpha value is -4.10. The Bertz CT molecular complexity index is 1330. The third-order valence-corrected chi connectivity index (χ3v) is 7.36. The third kappa shape index (κ3) is 5.73. The zero-order chi connectivity index (χ0) is 26.5. The first-order valence-electron chi connectivity index (χ1n) is 13.2. The summed E-state index contributed by atoms with van der Waals surface area (Å²) in [6.07, 6.45) is 8.38. The number of hydrazine groups is 2. The number of nitrogens with zero attached hydrogens (tertiary/aromatic N) is 2. The summed E-state index contributed by atoms with van der Waals surface area (Å²) < 4.78 is 4.72. The van der Waals surface area contributed by atoms with E-state index in [-0.39, 0.29) is 11.8 Å². The molecule has 7 heteroatoms. The monoisotopic (exact) mass is 510 g/mol. The minimum Gasteiger partial charge on any atom is -0.466 e. The molecule has 38 heavy (non-hydrogen) atoms. The van der Waals surface area contributed by atoms with Gasteiger partial charge in [0.05, 0.1) is 25.0 Å². The van der Waals surface area contributed by atoms with Gasteiger partial charge in [0.15, 0.2) is 0 Å². The Morgan fingerprint density at radius 2 is 1.76 bits per heavy atom. The molecular weight excluding hydrogens is 476 g/mol. The van der Waals surface area contributed by atoms with Crippen molar-refractivity contribution in [3.05, 3.63) is 83.9 Å². The van der Waals surface area contributed by atoms with Crippen LogP contribution in [0.25, 0.3) is 17.2 Å². The summed E-state index contributed by atoms with van der Waals surface area (Å²) in [6, 6.07) is 22.5. The molecule has 1 amide bonds. The number of nitrogens with one attached hydrogen (secondary N) is 2. The molecule has 3 aromatic carbocycles. The number of carbonyl (C=O) groups is 2. The fraction of sp³-hybridized carbons (Fsp3) is 0.290. The van der Waals surface area contributed by atoms with E-state index in [1.54, 1.807) is 6.08 Å². The number of methoxy groups -OCH3 is 1. The number of esters is 1. The summed E-state index contributed by atoms with van der Waals surface area (Å²) in [5.74, 6) is -0.194. The molecule has 0 unspecified atom stereocenters. The van der Waals surface area contributed by atoms with Crippen molar-refractivity contribution in [2.45, 2.75) is 38.6 Å². The average Bonchev–Trinajstić information content (AvgIpc) is 3.35. The van der Waals surface area contributed by atoms with Gasteiger partial charge in [0.2, 0.25) is 5.91 Å². The first-order valence-corrected chi connectivity index (χ1v) is 13.2. The smallest absolute Gasteiger partial charge is 0.330 e. The predicted octanol–water partition coefficient (Wildman–Crippen LogP) is 5.93. The summed E-state index contributed by atoms with van der Waals surface area (Å²) in [5, 5.41) is 1.94. The SMILES string of the molecule is COC(=O)/C=C/c1cccc(N(Cc2ccc(-c3ccc4c(c3)NNN4C)cc2)C(=O)C2CCCCC2)c1. The number of ether oxygens (including phenoxy) is 1. The molecule has 1 fully saturated rings. The Morgan fingerprint density at radius 1 is 1.00 bits per heavy atom. The number of benzene rings is 3. The number of hydrogen-bond acceptors (Lipinski definition) is 6. The van der Waals surface area contributed by atoms with Crippen LogP contribution in [0.2, 0.25) is 0 Å². The predicted molar refractivity (Wildman–Crippen MR) is 152 cm³/mol. The molecule has 0 bridgehead atoms. The maximum atomic E-state index is 13.8. The number of anilines is 3. The van der Waals surface area contributed by atoms with Gasteiger partial charge in [-0.05, 0) is 65.4 Å². The van der Waals surface area contributed by atoms with E-state index >= 15 is 0 Å². The molecule has 0 radical (unpaired) electrons. The van der Waals surface area contributed by atoms with E-state index in [1.807, 2.05) is 41.2 Å². The maximum absolute atomic E-state index is 13.8. The molecule has 2 N–H and O–H groups in total. The molecule has 196 valence electrons. The molecule has 1 aliphatic carbocycles. The zero-order valence-electron chi connectivity index (χ0n) is 21.9. The molecule has 0 atom stereocenters. The van der Waals surface area contributed by atoms with Gasteiger partial charge in [0.1, 0.15) is 0 Å². The van der Waals surface area contributed by atoms with Crippen LogP contribution in [0.15, 0.2) is 72.8 Å². The summed E-state index contributed by atoms with van der Waals surface area (Å²) in [4.78, 5) is 27.2. The third-order valence-electron chi connectivity index (χ3n) is 7.36. The van der Waals surface area contributed by atoms with Crippen LogP contribution in [-0.4, -0.2) is 26.0 Å². The Morgan fingerprint density at radius 3 is 2.53 bits per heavy atom. The maximum Gasteiger partial charge on any atom is 0.330 e. The second-order valence-electron chi connectivity index (χ2n) is 9.94. The quantitative estimate of drug-likeness (QED) is 0.303. The van der Waals surface area contributed by atoms with E-state index in [2.05, 4.69) is 53.4 Å². The largest absolute Gasteiger partial charge is 0.466 e. The van der Waals surface area contributed by atoms with Gasteiger partial charge in [0.25, 0.3) is 0 Å². The molecule has 0 aromatic heterocycles. The van der Waals surface area contributed by atoms with Gasteiger partial charge in [-0.3, -0.25) is 9.80 Å². The molecule has 1 aliphatic heterocycles. The van der Waals surface area contributed by atoms with Crippen molar-refractivity contribution in [3.63, 3.8) is 0 Å². The zero-order valence-corrected chi connectivity index (χ0v) is 21.9. The van der Waals surface area contributed by atoms with Crippen LogP contribution in [0, 0.1) is 5.92 Å². The minimum atomic E-state index is -0.409. The van der Waals surface area contributed by atoms with Crippen LogP contribution < -0.4 is 20.9 Å². The lowest BCUT2D eigenvalue weighted by Gasteiger charge is -2.30. The summed E-state index contributed by atoms with van der Waals surface area (Å²) in [6.45, 7) is 0.486. The molecule has 5 rings (SSSR count). The lowest BCUT2D eigenvalue weighted by Crippen LogP contribution is -2.36. The highest BCUT2D eigenvalue weighted by atomic mass is 16.5. The van der Waals surface area contributed by atoms with E-state index in [0.717, 1.165) is 65.0 Å². The normalized spacial score (nSPS) is 15.3. The van der Waals surface area contributed by atoms with Gasteiger partial charge in [0, 0.05) is 24.7 Å². The number of rotatable bonds is 7. The van der Waals surface area contributed by atoms with Gasteiger partial charge in [-0.25, -0.2) is 4.79 Å². The first-order chi connectivity index (χ1) is 18.5. The van der Waals surface area contributed by atoms with Crippen molar-refractivity contribution in [2.24, 2.45) is 5.92 Å². The number of carbonyl (C=O) groups excluding carboxylic acids is 2. The standard InChI is InChI=1S/C31H34N4O3/c1-34-29-17-16-26(20-28(29)32-33-34)24-14-11-23(12-15-24)21-35(31(37)25-8-4-3-5-9-25)27-10-6-7-22(19-27)13-18-30(36)38-2/h6-7,10-20,25,32-33H,3-5,8-9,21H2,1-2H3/b18-13+. The van der Waals surface area contributed by atoms with E-state index in [9.17, 15) is 9.59 Å². The van der Waals surface area contributed by atoms with Gasteiger partial charge < -0.3 is 15.1 Å². The highest BCUT2D eigenvalue weighted by molar-refractivity contribution is 5.95. The summed E-state index contributed by atoms with van der Waals surface area (Å²) in [5.41, 5.74) is 13.4. The van der Waals surface area contributed by atoms with Gasteiger partial charge in [-0.2, -0.15) is 0 Å². The fourth-order valence-electron chi connectivity index (χ4n) is 5.19. The fourth-order valence-corrected chi connectivity index (χ4v) is 5.19. The number of amides is 1. The number of hydrogen-bond donors (Lipinski definition) is 2. The molecule has 7 nitrogen and oxygen atoms in total. The molecule has 1 heterocycles. The van der Waals surface area contributed by atoms with Crippen molar-refractivity contribution < 1.29 is 14.3 Å². The van der Waals surface area contributed by atoms with Crippen molar-refractivity contribution >= 4 is 35.0 Å². The van der Waals surface area contributed by atoms with Crippen LogP contribution >= 0.6 is 0 Å². The Labute approximate surface area is 224 Å². The van der Waals surface area contributed by atoms with Gasteiger partial charge in [-0.1, -0.05) is 61.7 Å². The summed E-state index contributed by atoms with van der Waals surface area (Å²) >= 11 is 0. The van der Waals surface area contributed by atoms with E-state index in [1.165, 1.54) is 19.6 Å². The summed E-state index contributed by atoms with van der Waals surface area (Å²) in [7, 11) is 3.33. The van der Waals surface area contributed by atoms with E-state index in [0.29, 0.717) is 6.54 Å². The van der Waals surface area contributed by atoms with Gasteiger partial charge >= 0.3 is 5.97 Å². The van der Waals surface area contributed by atoms with Crippen molar-refractivity contribution in [1.82, 2.24) is 5.53 Å². The Balaban J connectivity index is 1.39. The first kappa shape index (κ1) is 25.5. The highest BCUT2D eigenvalue weighted by Crippen LogP contribution is 2.33. The minimum absolute atomic E-state index is 0.0444. The van der Waals surface area contributed by atoms with Gasteiger partial charge in [-0.15, -0.1) is 5.53 Å². The molecule has 2 aliphatic rings. The average molecular weight is 511 g/mol. The van der Waals surface area contributed by atoms with Crippen LogP contribution in [0.1, 0.15) is 43.2 Å². The van der Waals surface area contributed by atoms with Crippen LogP contribution in [0.4, 0.5) is 17.1 Å². The lowest BCUT2D eigenvalue weighted by atomic mass is 9.88. The second-order valence-corrected chi connectivity index (χ2v) is 9.94. The highest BCUT2D eigenvalue weighted by Gasteiger charge is 2.27. The molecule has 3 aromatic rings. The second kappa shape index (κ2) is 11.5. The molecule has 1 saturated carbocycles. The van der Waals surface area contributed by atoms with Crippen molar-refractivity contribution in [1.29, 1.82) is 0 Å². The van der Waals surface area contributed by atoms with E-state index in [4.69, 9.17) is 4.74 Å². The number of fused-ring (bicyclic) bond motifs is 1. The Kier molecular flexibility index (Phi) is 7.75. The van der Waals surface area contributed by atoms with Crippen LogP contribution in [0.3, 0.4) is 0 Å².